The molecule has 0 unspecified atom stereocenters. The zero-order valence-electron chi connectivity index (χ0n) is 6.36. The van der Waals surface area contributed by atoms with E-state index in [0.29, 0.717) is 5.02 Å². The van der Waals surface area contributed by atoms with Gasteiger partial charge in [0, 0.05) is 13.2 Å². The van der Waals surface area contributed by atoms with Crippen molar-refractivity contribution in [2.45, 2.75) is 0 Å². The molecule has 2 heterocycles. The van der Waals surface area contributed by atoms with Crippen LogP contribution in [0.3, 0.4) is 0 Å². The maximum Gasteiger partial charge on any atom is 0.165 e. The van der Waals surface area contributed by atoms with Crippen molar-refractivity contribution >= 4 is 22.9 Å². The van der Waals surface area contributed by atoms with Crippen LogP contribution in [0.4, 0.5) is 0 Å². The summed E-state index contributed by atoms with van der Waals surface area (Å²) in [5, 5.41) is 9.27. The molecular formula is C7H6ClN3S. The van der Waals surface area contributed by atoms with Crippen molar-refractivity contribution in [2.24, 2.45) is 7.05 Å². The van der Waals surface area contributed by atoms with Crippen LogP contribution in [-0.4, -0.2) is 14.8 Å². The molecule has 0 spiro atoms. The first-order chi connectivity index (χ1) is 5.79. The van der Waals surface area contributed by atoms with E-state index >= 15 is 0 Å². The summed E-state index contributed by atoms with van der Waals surface area (Å²) in [5.74, 6) is 0. The van der Waals surface area contributed by atoms with Crippen molar-refractivity contribution in [3.63, 3.8) is 0 Å². The highest BCUT2D eigenvalue weighted by Gasteiger charge is 2.09. The molecule has 2 rings (SSSR count). The van der Waals surface area contributed by atoms with Crippen LogP contribution < -0.4 is 0 Å². The summed E-state index contributed by atoms with van der Waals surface area (Å²) in [7, 11) is 1.93. The highest BCUT2D eigenvalue weighted by atomic mass is 35.5. The second-order valence-electron chi connectivity index (χ2n) is 2.37. The smallest absolute Gasteiger partial charge is 0.165 e. The minimum atomic E-state index is 0.717. The van der Waals surface area contributed by atoms with Gasteiger partial charge in [0.05, 0.1) is 10.7 Å². The van der Waals surface area contributed by atoms with E-state index in [0.717, 1.165) is 10.7 Å². The molecule has 12 heavy (non-hydrogen) atoms. The van der Waals surface area contributed by atoms with E-state index in [-0.39, 0.29) is 0 Å². The Morgan fingerprint density at radius 2 is 2.42 bits per heavy atom. The summed E-state index contributed by atoms with van der Waals surface area (Å²) in [6, 6.07) is 1.85. The standard InChI is InChI=1S/C7H6ClN3S/c1-11-3-2-5(8)6(11)7-10-9-4-12-7/h2-4H,1H3. The van der Waals surface area contributed by atoms with E-state index in [1.807, 2.05) is 23.9 Å². The maximum absolute atomic E-state index is 5.95. The molecule has 0 saturated heterocycles. The van der Waals surface area contributed by atoms with Gasteiger partial charge in [-0.3, -0.25) is 0 Å². The number of aryl methyl sites for hydroxylation is 1. The van der Waals surface area contributed by atoms with E-state index in [1.54, 1.807) is 5.51 Å². The van der Waals surface area contributed by atoms with Crippen LogP contribution >= 0.6 is 22.9 Å². The minimum Gasteiger partial charge on any atom is -0.347 e. The Balaban J connectivity index is 2.60. The van der Waals surface area contributed by atoms with Crippen LogP contribution in [0.15, 0.2) is 17.8 Å². The molecule has 0 fully saturated rings. The van der Waals surface area contributed by atoms with Crippen molar-refractivity contribution in [2.75, 3.05) is 0 Å². The van der Waals surface area contributed by atoms with E-state index in [4.69, 9.17) is 11.6 Å². The molecule has 0 amide bonds. The summed E-state index contributed by atoms with van der Waals surface area (Å²) >= 11 is 7.44. The van der Waals surface area contributed by atoms with Crippen LogP contribution in [-0.2, 0) is 7.05 Å². The number of rotatable bonds is 1. The molecule has 0 radical (unpaired) electrons. The highest BCUT2D eigenvalue weighted by molar-refractivity contribution is 7.12. The molecule has 0 saturated carbocycles. The second-order valence-corrected chi connectivity index (χ2v) is 3.61. The molecule has 2 aromatic rings. The lowest BCUT2D eigenvalue weighted by Gasteiger charge is -1.97. The van der Waals surface area contributed by atoms with Gasteiger partial charge in [0.15, 0.2) is 5.01 Å². The zero-order valence-corrected chi connectivity index (χ0v) is 7.93. The first kappa shape index (κ1) is 7.76. The van der Waals surface area contributed by atoms with Crippen LogP contribution in [0.5, 0.6) is 0 Å². The predicted octanol–water partition coefficient (Wildman–Crippen LogP) is 2.20. The first-order valence-corrected chi connectivity index (χ1v) is 4.62. The Hall–Kier alpha value is -0.870. The monoisotopic (exact) mass is 199 g/mol. The molecule has 2 aromatic heterocycles. The lowest BCUT2D eigenvalue weighted by molar-refractivity contribution is 0.929. The largest absolute Gasteiger partial charge is 0.347 e. The van der Waals surface area contributed by atoms with Gasteiger partial charge in [-0.1, -0.05) is 22.9 Å². The molecule has 0 aliphatic carbocycles. The van der Waals surface area contributed by atoms with E-state index in [2.05, 4.69) is 10.2 Å². The Morgan fingerprint density at radius 3 is 2.92 bits per heavy atom. The van der Waals surface area contributed by atoms with Crippen LogP contribution in [0.2, 0.25) is 5.02 Å². The van der Waals surface area contributed by atoms with Crippen LogP contribution in [0, 0.1) is 0 Å². The van der Waals surface area contributed by atoms with Gasteiger partial charge in [0.1, 0.15) is 5.51 Å². The lowest BCUT2D eigenvalue weighted by Crippen LogP contribution is -1.88. The van der Waals surface area contributed by atoms with Gasteiger partial charge in [0.2, 0.25) is 0 Å². The fourth-order valence-corrected chi connectivity index (χ4v) is 2.02. The van der Waals surface area contributed by atoms with Gasteiger partial charge < -0.3 is 4.57 Å². The van der Waals surface area contributed by atoms with Crippen molar-refractivity contribution in [3.05, 3.63) is 22.8 Å². The van der Waals surface area contributed by atoms with Crippen LogP contribution in [0.25, 0.3) is 10.7 Å². The summed E-state index contributed by atoms with van der Waals surface area (Å²) in [5.41, 5.74) is 2.62. The van der Waals surface area contributed by atoms with E-state index in [9.17, 15) is 0 Å². The quantitative estimate of drug-likeness (QED) is 0.705. The van der Waals surface area contributed by atoms with Gasteiger partial charge in [-0.05, 0) is 6.07 Å². The third-order valence-corrected chi connectivity index (χ3v) is 2.59. The molecular weight excluding hydrogens is 194 g/mol. The average molecular weight is 200 g/mol. The fraction of sp³-hybridized carbons (Fsp3) is 0.143. The number of hydrogen-bond donors (Lipinski definition) is 0. The van der Waals surface area contributed by atoms with Gasteiger partial charge in [0.25, 0.3) is 0 Å². The molecule has 62 valence electrons. The number of halogens is 1. The van der Waals surface area contributed by atoms with Crippen molar-refractivity contribution < 1.29 is 0 Å². The van der Waals surface area contributed by atoms with E-state index < -0.39 is 0 Å². The molecule has 0 aliphatic rings. The predicted molar refractivity (Wildman–Crippen MR) is 49.3 cm³/mol. The maximum atomic E-state index is 5.95. The third-order valence-electron chi connectivity index (χ3n) is 1.59. The molecule has 3 nitrogen and oxygen atoms in total. The Morgan fingerprint density at radius 1 is 1.58 bits per heavy atom. The highest BCUT2D eigenvalue weighted by Crippen LogP contribution is 2.28. The Labute approximate surface area is 78.6 Å². The van der Waals surface area contributed by atoms with Gasteiger partial charge >= 0.3 is 0 Å². The van der Waals surface area contributed by atoms with Crippen molar-refractivity contribution in [3.8, 4) is 10.7 Å². The van der Waals surface area contributed by atoms with Crippen molar-refractivity contribution in [1.82, 2.24) is 14.8 Å². The molecule has 0 atom stereocenters. The van der Waals surface area contributed by atoms with Gasteiger partial charge in [-0.15, -0.1) is 10.2 Å². The fourth-order valence-electron chi connectivity index (χ4n) is 1.03. The topological polar surface area (TPSA) is 30.7 Å². The Bertz CT molecular complexity index is 360. The second kappa shape index (κ2) is 2.88. The third kappa shape index (κ3) is 1.13. The van der Waals surface area contributed by atoms with Gasteiger partial charge in [-0.2, -0.15) is 0 Å². The average Bonchev–Trinajstić information content (AvgIpc) is 2.61. The van der Waals surface area contributed by atoms with Crippen molar-refractivity contribution in [1.29, 1.82) is 0 Å². The normalized spacial score (nSPS) is 10.5. The summed E-state index contributed by atoms with van der Waals surface area (Å²) < 4.78 is 1.93. The SMILES string of the molecule is Cn1ccc(Cl)c1-c1nncs1. The lowest BCUT2D eigenvalue weighted by atomic mass is 10.4. The number of hydrogen-bond acceptors (Lipinski definition) is 3. The molecule has 5 heteroatoms. The number of nitrogens with zero attached hydrogens (tertiary/aromatic N) is 3. The molecule has 0 bridgehead atoms. The summed E-state index contributed by atoms with van der Waals surface area (Å²) in [6.45, 7) is 0. The zero-order chi connectivity index (χ0) is 8.55. The van der Waals surface area contributed by atoms with E-state index in [1.165, 1.54) is 11.3 Å². The minimum absolute atomic E-state index is 0.717. The van der Waals surface area contributed by atoms with Gasteiger partial charge in [-0.25, -0.2) is 0 Å². The Kier molecular flexibility index (Phi) is 1.86. The molecule has 0 aromatic carbocycles. The van der Waals surface area contributed by atoms with Crippen LogP contribution in [0.1, 0.15) is 0 Å². The molecule has 0 aliphatic heterocycles. The first-order valence-electron chi connectivity index (χ1n) is 3.36. The number of aromatic nitrogens is 3. The summed E-state index contributed by atoms with van der Waals surface area (Å²) in [4.78, 5) is 0. The summed E-state index contributed by atoms with van der Waals surface area (Å²) in [6.07, 6.45) is 1.90. The molecule has 0 N–H and O–H groups in total.